The number of carbonyl (C=O) groups excluding carboxylic acids is 1. The summed E-state index contributed by atoms with van der Waals surface area (Å²) in [5, 5.41) is 7.64. The fourth-order valence-corrected chi connectivity index (χ4v) is 2.88. The number of amides is 1. The van der Waals surface area contributed by atoms with Crippen molar-refractivity contribution < 1.29 is 4.79 Å². The Morgan fingerprint density at radius 3 is 2.91 bits per heavy atom. The number of pyridine rings is 1. The summed E-state index contributed by atoms with van der Waals surface area (Å²) in [5.41, 5.74) is 5.92. The van der Waals surface area contributed by atoms with Crippen molar-refractivity contribution in [2.45, 2.75) is 25.3 Å². The molecule has 1 amide bonds. The lowest BCUT2D eigenvalue weighted by atomic mass is 10.3. The van der Waals surface area contributed by atoms with E-state index in [1.165, 1.54) is 4.68 Å². The highest BCUT2D eigenvalue weighted by Gasteiger charge is 2.36. The van der Waals surface area contributed by atoms with E-state index < -0.39 is 0 Å². The van der Waals surface area contributed by atoms with Crippen LogP contribution in [0.25, 0.3) is 5.82 Å². The van der Waals surface area contributed by atoms with E-state index in [0.29, 0.717) is 24.2 Å². The van der Waals surface area contributed by atoms with Gasteiger partial charge >= 0.3 is 0 Å². The molecule has 1 unspecified atom stereocenters. The summed E-state index contributed by atoms with van der Waals surface area (Å²) >= 11 is 0. The van der Waals surface area contributed by atoms with Crippen LogP contribution in [0.3, 0.4) is 0 Å². The molecule has 1 aliphatic heterocycles. The van der Waals surface area contributed by atoms with E-state index in [1.807, 2.05) is 23.1 Å². The van der Waals surface area contributed by atoms with Gasteiger partial charge in [0, 0.05) is 31.2 Å². The van der Waals surface area contributed by atoms with Crippen LogP contribution in [0.4, 0.5) is 11.9 Å². The monoisotopic (exact) mass is 313 g/mol. The van der Waals surface area contributed by atoms with Crippen LogP contribution >= 0.6 is 0 Å². The number of anilines is 2. The molecule has 1 aliphatic carbocycles. The van der Waals surface area contributed by atoms with Crippen LogP contribution in [-0.4, -0.2) is 49.7 Å². The highest BCUT2D eigenvalue weighted by Crippen LogP contribution is 2.32. The van der Waals surface area contributed by atoms with Crippen molar-refractivity contribution in [3.05, 3.63) is 24.4 Å². The number of hydrogen-bond donors (Lipinski definition) is 2. The van der Waals surface area contributed by atoms with E-state index in [0.717, 1.165) is 25.8 Å². The Morgan fingerprint density at radius 2 is 2.17 bits per heavy atom. The number of hydrogen-bond acceptors (Lipinski definition) is 6. The van der Waals surface area contributed by atoms with Crippen LogP contribution in [0, 0.1) is 5.92 Å². The van der Waals surface area contributed by atoms with E-state index in [2.05, 4.69) is 20.4 Å². The summed E-state index contributed by atoms with van der Waals surface area (Å²) in [6, 6.07) is 5.69. The molecule has 23 heavy (non-hydrogen) atoms. The van der Waals surface area contributed by atoms with Gasteiger partial charge in [0.1, 0.15) is 0 Å². The first-order valence-electron chi connectivity index (χ1n) is 7.90. The van der Waals surface area contributed by atoms with Crippen LogP contribution in [0.15, 0.2) is 24.4 Å². The Bertz CT molecular complexity index is 710. The van der Waals surface area contributed by atoms with Crippen LogP contribution in [0.2, 0.25) is 0 Å². The highest BCUT2D eigenvalue weighted by molar-refractivity contribution is 5.81. The lowest BCUT2D eigenvalue weighted by Gasteiger charge is -2.16. The summed E-state index contributed by atoms with van der Waals surface area (Å²) in [6.45, 7) is 1.50. The molecule has 4 rings (SSSR count). The molecule has 0 radical (unpaired) electrons. The third-order valence-corrected chi connectivity index (χ3v) is 4.26. The zero-order valence-electron chi connectivity index (χ0n) is 12.7. The van der Waals surface area contributed by atoms with Gasteiger partial charge in [-0.3, -0.25) is 4.79 Å². The SMILES string of the molecule is Nc1nc(NC2CCN(C(=O)C3CC3)C2)nn1-c1ccccn1. The molecule has 3 N–H and O–H groups in total. The van der Waals surface area contributed by atoms with E-state index >= 15 is 0 Å². The molecule has 0 spiro atoms. The Balaban J connectivity index is 1.43. The van der Waals surface area contributed by atoms with Crippen molar-refractivity contribution in [2.24, 2.45) is 5.92 Å². The first-order valence-corrected chi connectivity index (χ1v) is 7.90. The zero-order chi connectivity index (χ0) is 15.8. The third kappa shape index (κ3) is 2.84. The maximum atomic E-state index is 12.1. The molecule has 8 heteroatoms. The van der Waals surface area contributed by atoms with Gasteiger partial charge in [-0.2, -0.15) is 9.67 Å². The Kier molecular flexibility index (Phi) is 3.36. The van der Waals surface area contributed by atoms with E-state index in [4.69, 9.17) is 5.73 Å². The summed E-state index contributed by atoms with van der Waals surface area (Å²) < 4.78 is 1.50. The number of likely N-dealkylation sites (tertiary alicyclic amines) is 1. The van der Waals surface area contributed by atoms with Gasteiger partial charge in [0.05, 0.1) is 0 Å². The second-order valence-electron chi connectivity index (χ2n) is 6.08. The molecular formula is C15H19N7O. The normalized spacial score (nSPS) is 20.7. The van der Waals surface area contributed by atoms with Gasteiger partial charge in [0.2, 0.25) is 17.8 Å². The van der Waals surface area contributed by atoms with Crippen LogP contribution < -0.4 is 11.1 Å². The number of nitrogens with two attached hydrogens (primary N) is 1. The summed E-state index contributed by atoms with van der Waals surface area (Å²) in [4.78, 5) is 22.5. The molecule has 2 fully saturated rings. The van der Waals surface area contributed by atoms with E-state index in [-0.39, 0.29) is 17.9 Å². The summed E-state index contributed by atoms with van der Waals surface area (Å²) in [6.07, 6.45) is 4.67. The number of nitrogens with one attached hydrogen (secondary N) is 1. The number of aromatic nitrogens is 4. The average molecular weight is 313 g/mol. The fourth-order valence-electron chi connectivity index (χ4n) is 2.88. The van der Waals surface area contributed by atoms with Crippen molar-refractivity contribution in [3.63, 3.8) is 0 Å². The first-order chi connectivity index (χ1) is 11.2. The van der Waals surface area contributed by atoms with Crippen LogP contribution in [0.1, 0.15) is 19.3 Å². The van der Waals surface area contributed by atoms with Gasteiger partial charge < -0.3 is 16.0 Å². The Hall–Kier alpha value is -2.64. The predicted octanol–water partition coefficient (Wildman–Crippen LogP) is 0.667. The Labute approximate surface area is 133 Å². The van der Waals surface area contributed by atoms with Gasteiger partial charge in [0.25, 0.3) is 0 Å². The van der Waals surface area contributed by atoms with Crippen molar-refractivity contribution in [3.8, 4) is 5.82 Å². The fraction of sp³-hybridized carbons (Fsp3) is 0.467. The molecule has 8 nitrogen and oxygen atoms in total. The Morgan fingerprint density at radius 1 is 1.30 bits per heavy atom. The zero-order valence-corrected chi connectivity index (χ0v) is 12.7. The first kappa shape index (κ1) is 14.0. The van der Waals surface area contributed by atoms with Gasteiger partial charge in [-0.25, -0.2) is 4.98 Å². The molecule has 0 bridgehead atoms. The van der Waals surface area contributed by atoms with Gasteiger partial charge in [0.15, 0.2) is 5.82 Å². The number of carbonyl (C=O) groups is 1. The van der Waals surface area contributed by atoms with Crippen LogP contribution in [-0.2, 0) is 4.79 Å². The second-order valence-corrected chi connectivity index (χ2v) is 6.08. The minimum Gasteiger partial charge on any atom is -0.368 e. The van der Waals surface area contributed by atoms with Crippen LogP contribution in [0.5, 0.6) is 0 Å². The maximum Gasteiger partial charge on any atom is 0.244 e. The largest absolute Gasteiger partial charge is 0.368 e. The molecule has 2 aromatic heterocycles. The predicted molar refractivity (Wildman–Crippen MR) is 84.9 cm³/mol. The smallest absolute Gasteiger partial charge is 0.244 e. The molecule has 1 saturated heterocycles. The van der Waals surface area contributed by atoms with Gasteiger partial charge in [-0.1, -0.05) is 6.07 Å². The molecule has 1 saturated carbocycles. The molecule has 0 aromatic carbocycles. The quantitative estimate of drug-likeness (QED) is 0.860. The third-order valence-electron chi connectivity index (χ3n) is 4.26. The number of nitrogen functional groups attached to an aromatic ring is 1. The van der Waals surface area contributed by atoms with Crippen molar-refractivity contribution in [1.29, 1.82) is 0 Å². The molecule has 2 aromatic rings. The van der Waals surface area contributed by atoms with Gasteiger partial charge in [-0.15, -0.1) is 5.10 Å². The summed E-state index contributed by atoms with van der Waals surface area (Å²) in [7, 11) is 0. The van der Waals surface area contributed by atoms with Crippen molar-refractivity contribution >= 4 is 17.8 Å². The lowest BCUT2D eigenvalue weighted by Crippen LogP contribution is -2.32. The van der Waals surface area contributed by atoms with Crippen molar-refractivity contribution in [2.75, 3.05) is 24.1 Å². The summed E-state index contributed by atoms with van der Waals surface area (Å²) in [5.74, 6) is 1.95. The minimum absolute atomic E-state index is 0.164. The molecular weight excluding hydrogens is 294 g/mol. The topological polar surface area (TPSA) is 102 Å². The van der Waals surface area contributed by atoms with E-state index in [1.54, 1.807) is 6.20 Å². The molecule has 2 aliphatic rings. The number of nitrogens with zero attached hydrogens (tertiary/aromatic N) is 5. The molecule has 1 atom stereocenters. The molecule has 3 heterocycles. The molecule has 120 valence electrons. The van der Waals surface area contributed by atoms with E-state index in [9.17, 15) is 4.79 Å². The van der Waals surface area contributed by atoms with Crippen molar-refractivity contribution in [1.82, 2.24) is 24.6 Å². The van der Waals surface area contributed by atoms with Gasteiger partial charge in [-0.05, 0) is 31.4 Å². The highest BCUT2D eigenvalue weighted by atomic mass is 16.2. The minimum atomic E-state index is 0.164. The lowest BCUT2D eigenvalue weighted by molar-refractivity contribution is -0.131. The standard InChI is InChI=1S/C15H19N7O/c16-14-19-15(20-22(14)12-3-1-2-7-17-12)18-11-6-8-21(9-11)13(23)10-4-5-10/h1-3,7,10-11H,4-6,8-9H2,(H3,16,18,19,20). The average Bonchev–Trinajstić information content (AvgIpc) is 3.21. The number of rotatable bonds is 4. The maximum absolute atomic E-state index is 12.1. The second kappa shape index (κ2) is 5.53.